The van der Waals surface area contributed by atoms with Crippen molar-refractivity contribution in [2.24, 2.45) is 5.92 Å². The number of fused-ring (bicyclic) bond motifs is 2. The molecule has 3 rings (SSSR count). The molecule has 0 saturated carbocycles. The fraction of sp³-hybridized carbons (Fsp3) is 0.556. The van der Waals surface area contributed by atoms with Crippen LogP contribution in [0.25, 0.3) is 0 Å². The first kappa shape index (κ1) is 15.6. The molecule has 0 aliphatic carbocycles. The highest BCUT2D eigenvalue weighted by atomic mass is 19.1. The third kappa shape index (κ3) is 2.12. The minimum absolute atomic E-state index is 0.0414. The zero-order valence-electron chi connectivity index (χ0n) is 13.3. The first-order chi connectivity index (χ1) is 10.3. The molecule has 2 heterocycles. The maximum absolute atomic E-state index is 13.7. The summed E-state index contributed by atoms with van der Waals surface area (Å²) in [5.74, 6) is -0.877. The van der Waals surface area contributed by atoms with E-state index < -0.39 is 17.2 Å². The van der Waals surface area contributed by atoms with E-state index in [-0.39, 0.29) is 23.9 Å². The van der Waals surface area contributed by atoms with Crippen LogP contribution in [0.5, 0.6) is 0 Å². The molecule has 1 aromatic carbocycles. The van der Waals surface area contributed by atoms with E-state index in [1.165, 1.54) is 18.2 Å². The van der Waals surface area contributed by atoms with Crippen LogP contribution in [-0.2, 0) is 16.1 Å². The van der Waals surface area contributed by atoms with Crippen molar-refractivity contribution < 1.29 is 18.3 Å². The molecule has 2 fully saturated rings. The Kier molecular flexibility index (Phi) is 3.65. The molecule has 2 saturated heterocycles. The number of ether oxygens (including phenoxy) is 2. The Hall–Kier alpha value is -1.26. The van der Waals surface area contributed by atoms with Gasteiger partial charge in [0, 0.05) is 5.56 Å². The van der Waals surface area contributed by atoms with Gasteiger partial charge in [-0.1, -0.05) is 26.5 Å². The topological polar surface area (TPSA) is 18.5 Å². The highest BCUT2D eigenvalue weighted by Gasteiger charge is 2.63. The Morgan fingerprint density at radius 2 is 1.95 bits per heavy atom. The highest BCUT2D eigenvalue weighted by Crippen LogP contribution is 2.57. The summed E-state index contributed by atoms with van der Waals surface area (Å²) in [6.07, 6.45) is 1.46. The Labute approximate surface area is 130 Å². The Morgan fingerprint density at radius 3 is 2.50 bits per heavy atom. The van der Waals surface area contributed by atoms with Crippen LogP contribution in [0.1, 0.15) is 39.2 Å². The molecule has 0 spiro atoms. The van der Waals surface area contributed by atoms with Gasteiger partial charge in [0.25, 0.3) is 0 Å². The molecule has 0 aromatic heterocycles. The molecular formula is C18H22F2O2. The fourth-order valence-electron chi connectivity index (χ4n) is 3.84. The minimum Gasteiger partial charge on any atom is -0.366 e. The lowest BCUT2D eigenvalue weighted by Crippen LogP contribution is -2.40. The van der Waals surface area contributed by atoms with Crippen LogP contribution in [0.3, 0.4) is 0 Å². The lowest BCUT2D eigenvalue weighted by molar-refractivity contribution is -0.0964. The van der Waals surface area contributed by atoms with E-state index in [2.05, 4.69) is 20.4 Å². The molecule has 2 aliphatic heterocycles. The van der Waals surface area contributed by atoms with Crippen LogP contribution in [0.4, 0.5) is 8.78 Å². The van der Waals surface area contributed by atoms with Crippen molar-refractivity contribution in [3.63, 3.8) is 0 Å². The van der Waals surface area contributed by atoms with Crippen LogP contribution < -0.4 is 0 Å². The second-order valence-electron chi connectivity index (χ2n) is 6.88. The van der Waals surface area contributed by atoms with Crippen LogP contribution >= 0.6 is 0 Å². The molecule has 22 heavy (non-hydrogen) atoms. The summed E-state index contributed by atoms with van der Waals surface area (Å²) in [7, 11) is 0. The average molecular weight is 308 g/mol. The average Bonchev–Trinajstić information content (AvgIpc) is 2.90. The van der Waals surface area contributed by atoms with Gasteiger partial charge in [0.2, 0.25) is 0 Å². The summed E-state index contributed by atoms with van der Waals surface area (Å²) in [5, 5.41) is 0. The van der Waals surface area contributed by atoms with Gasteiger partial charge in [-0.05, 0) is 43.4 Å². The Balaban J connectivity index is 1.81. The van der Waals surface area contributed by atoms with Crippen molar-refractivity contribution >= 4 is 0 Å². The molecule has 2 aliphatic rings. The maximum Gasteiger partial charge on any atom is 0.131 e. The number of benzene rings is 1. The summed E-state index contributed by atoms with van der Waals surface area (Å²) >= 11 is 0. The van der Waals surface area contributed by atoms with Gasteiger partial charge in [-0.25, -0.2) is 8.78 Å². The van der Waals surface area contributed by atoms with Crippen molar-refractivity contribution in [1.29, 1.82) is 0 Å². The lowest BCUT2D eigenvalue weighted by Gasteiger charge is -2.34. The normalized spacial score (nSPS) is 33.9. The van der Waals surface area contributed by atoms with Gasteiger partial charge >= 0.3 is 0 Å². The fourth-order valence-corrected chi connectivity index (χ4v) is 3.84. The molecule has 0 N–H and O–H groups in total. The van der Waals surface area contributed by atoms with Crippen LogP contribution in [0.15, 0.2) is 30.4 Å². The van der Waals surface area contributed by atoms with Crippen molar-refractivity contribution in [1.82, 2.24) is 0 Å². The second-order valence-corrected chi connectivity index (χ2v) is 6.88. The third-order valence-corrected chi connectivity index (χ3v) is 5.21. The van der Waals surface area contributed by atoms with Gasteiger partial charge in [-0.3, -0.25) is 0 Å². The Bertz CT molecular complexity index is 593. The van der Waals surface area contributed by atoms with E-state index in [0.717, 1.165) is 18.4 Å². The molecule has 3 atom stereocenters. The molecule has 0 radical (unpaired) electrons. The zero-order valence-corrected chi connectivity index (χ0v) is 13.3. The summed E-state index contributed by atoms with van der Waals surface area (Å²) in [6, 6.07) is 3.83. The zero-order chi connectivity index (χ0) is 16.1. The molecule has 2 bridgehead atoms. The molecule has 1 aromatic rings. The molecule has 120 valence electrons. The first-order valence-electron chi connectivity index (χ1n) is 7.74. The largest absolute Gasteiger partial charge is 0.366 e. The molecule has 2 nitrogen and oxygen atoms in total. The van der Waals surface area contributed by atoms with Gasteiger partial charge in [-0.15, -0.1) is 0 Å². The SMILES string of the molecule is C=C1[C@@H](OCc2c(F)cccc2F)[C@]2(C)CC[C@@]1(C(C)C)O2. The number of rotatable bonds is 4. The predicted molar refractivity (Wildman–Crippen MR) is 80.4 cm³/mol. The molecule has 0 unspecified atom stereocenters. The standard InChI is InChI=1S/C18H22F2O2/c1-11(2)18-9-8-17(4,22-18)16(12(18)3)21-10-13-14(19)6-5-7-15(13)20/h5-7,11,16H,3,8-10H2,1-2,4H3/t16-,17+,18+/m1/s1. The monoisotopic (exact) mass is 308 g/mol. The number of hydrogen-bond donors (Lipinski definition) is 0. The quantitative estimate of drug-likeness (QED) is 0.768. The van der Waals surface area contributed by atoms with Gasteiger partial charge in [0.1, 0.15) is 17.7 Å². The Morgan fingerprint density at radius 1 is 1.32 bits per heavy atom. The second kappa shape index (κ2) is 5.14. The van der Waals surface area contributed by atoms with E-state index in [1.807, 2.05) is 6.92 Å². The first-order valence-corrected chi connectivity index (χ1v) is 7.74. The maximum atomic E-state index is 13.7. The van der Waals surface area contributed by atoms with Crippen molar-refractivity contribution in [3.05, 3.63) is 47.5 Å². The van der Waals surface area contributed by atoms with Gasteiger partial charge in [0.05, 0.1) is 17.8 Å². The summed E-state index contributed by atoms with van der Waals surface area (Å²) in [6.45, 7) is 10.3. The van der Waals surface area contributed by atoms with Crippen LogP contribution in [0.2, 0.25) is 0 Å². The van der Waals surface area contributed by atoms with Crippen molar-refractivity contribution in [2.75, 3.05) is 0 Å². The predicted octanol–water partition coefficient (Wildman–Crippen LogP) is 4.38. The smallest absolute Gasteiger partial charge is 0.131 e. The van der Waals surface area contributed by atoms with Gasteiger partial charge in [0.15, 0.2) is 0 Å². The minimum atomic E-state index is -0.585. The number of halogens is 2. The van der Waals surface area contributed by atoms with Crippen LogP contribution in [-0.4, -0.2) is 17.3 Å². The van der Waals surface area contributed by atoms with Crippen molar-refractivity contribution in [3.8, 4) is 0 Å². The lowest BCUT2D eigenvalue weighted by atomic mass is 9.72. The van der Waals surface area contributed by atoms with E-state index in [0.29, 0.717) is 5.92 Å². The summed E-state index contributed by atoms with van der Waals surface area (Å²) < 4.78 is 39.6. The van der Waals surface area contributed by atoms with E-state index >= 15 is 0 Å². The third-order valence-electron chi connectivity index (χ3n) is 5.21. The summed E-state index contributed by atoms with van der Waals surface area (Å²) in [4.78, 5) is 0. The van der Waals surface area contributed by atoms with E-state index in [4.69, 9.17) is 9.47 Å². The van der Waals surface area contributed by atoms with Crippen molar-refractivity contribution in [2.45, 2.75) is 57.5 Å². The molecule has 0 amide bonds. The molecule has 4 heteroatoms. The van der Waals surface area contributed by atoms with Gasteiger partial charge < -0.3 is 9.47 Å². The van der Waals surface area contributed by atoms with Gasteiger partial charge in [-0.2, -0.15) is 0 Å². The highest BCUT2D eigenvalue weighted by molar-refractivity contribution is 5.33. The summed E-state index contributed by atoms with van der Waals surface area (Å²) in [5.41, 5.74) is 0.0317. The number of hydrogen-bond acceptors (Lipinski definition) is 2. The van der Waals surface area contributed by atoms with E-state index in [1.54, 1.807) is 0 Å². The van der Waals surface area contributed by atoms with Crippen LogP contribution in [0, 0.1) is 17.6 Å². The molecular weight excluding hydrogens is 286 g/mol. The van der Waals surface area contributed by atoms with E-state index in [9.17, 15) is 8.78 Å².